The molecule has 0 aromatic heterocycles. The number of amides is 1. The summed E-state index contributed by atoms with van der Waals surface area (Å²) in [5.74, 6) is 6.64. The Bertz CT molecular complexity index is 1190. The maximum Gasteiger partial charge on any atom is 0.238 e. The highest BCUT2D eigenvalue weighted by Gasteiger charge is 2.26. The lowest BCUT2D eigenvalue weighted by molar-refractivity contribution is -0.123. The zero-order chi connectivity index (χ0) is 28.0. The average molecular weight is 563 g/mol. The zero-order valence-electron chi connectivity index (χ0n) is 22.7. The van der Waals surface area contributed by atoms with E-state index in [-0.39, 0.29) is 24.2 Å². The van der Waals surface area contributed by atoms with Crippen molar-refractivity contribution in [3.8, 4) is 23.3 Å². The van der Waals surface area contributed by atoms with Gasteiger partial charge in [0.25, 0.3) is 0 Å². The second kappa shape index (κ2) is 16.3. The first-order valence-electron chi connectivity index (χ1n) is 13.0. The third-order valence-corrected chi connectivity index (χ3v) is 7.53. The van der Waals surface area contributed by atoms with E-state index in [0.717, 1.165) is 30.4 Å². The summed E-state index contributed by atoms with van der Waals surface area (Å²) in [5.41, 5.74) is 1.79. The van der Waals surface area contributed by atoms with Crippen LogP contribution in [0, 0.1) is 17.8 Å². The Hall–Kier alpha value is -2.73. The Morgan fingerprint density at radius 2 is 1.79 bits per heavy atom. The third-order valence-electron chi connectivity index (χ3n) is 5.84. The zero-order valence-corrected chi connectivity index (χ0v) is 24.3. The lowest BCUT2D eigenvalue weighted by Crippen LogP contribution is -2.50. The van der Waals surface area contributed by atoms with Gasteiger partial charge < -0.3 is 14.8 Å². The standard InChI is InChI=1S/C29H39ClN2O5S/c1-5-6-7-8-20-38(34,35)32-28(22(2)3)29(33)31-18-17-24-13-16-26(27(21-24)36-4)37-19-9-10-23-11-14-25(30)15-12-23/h11-16,21-22,28,32H,5-8,17-20H2,1-4H3,(H,31,33). The van der Waals surface area contributed by atoms with E-state index in [1.54, 1.807) is 19.2 Å². The molecule has 0 fully saturated rings. The molecule has 38 heavy (non-hydrogen) atoms. The smallest absolute Gasteiger partial charge is 0.238 e. The summed E-state index contributed by atoms with van der Waals surface area (Å²) >= 11 is 5.89. The van der Waals surface area contributed by atoms with E-state index < -0.39 is 16.1 Å². The number of carbonyl (C=O) groups excluding carboxylic acids is 1. The molecule has 9 heteroatoms. The summed E-state index contributed by atoms with van der Waals surface area (Å²) in [6, 6.07) is 12.0. The monoisotopic (exact) mass is 562 g/mol. The summed E-state index contributed by atoms with van der Waals surface area (Å²) in [5, 5.41) is 3.52. The van der Waals surface area contributed by atoms with Crippen LogP contribution in [0.1, 0.15) is 57.6 Å². The molecule has 0 aliphatic heterocycles. The van der Waals surface area contributed by atoms with Crippen molar-refractivity contribution in [2.45, 2.75) is 58.9 Å². The number of rotatable bonds is 15. The number of unbranched alkanes of at least 4 members (excludes halogenated alkanes) is 3. The predicted octanol–water partition coefficient (Wildman–Crippen LogP) is 4.96. The number of carbonyl (C=O) groups is 1. The molecule has 0 heterocycles. The molecular weight excluding hydrogens is 524 g/mol. The van der Waals surface area contributed by atoms with E-state index in [0.29, 0.717) is 35.9 Å². The van der Waals surface area contributed by atoms with Crippen LogP contribution in [0.3, 0.4) is 0 Å². The van der Waals surface area contributed by atoms with Gasteiger partial charge in [0, 0.05) is 17.1 Å². The number of hydrogen-bond acceptors (Lipinski definition) is 5. The van der Waals surface area contributed by atoms with Crippen LogP contribution in [0.15, 0.2) is 42.5 Å². The average Bonchev–Trinajstić information content (AvgIpc) is 2.89. The van der Waals surface area contributed by atoms with Crippen molar-refractivity contribution in [1.29, 1.82) is 0 Å². The number of ether oxygens (including phenoxy) is 2. The SMILES string of the molecule is CCCCCCS(=O)(=O)NC(C(=O)NCCc1ccc(OCC#Cc2ccc(Cl)cc2)c(OC)c1)C(C)C. The van der Waals surface area contributed by atoms with Crippen LogP contribution in [0.2, 0.25) is 5.02 Å². The molecule has 1 atom stereocenters. The van der Waals surface area contributed by atoms with Gasteiger partial charge in [-0.1, -0.05) is 69.5 Å². The van der Waals surface area contributed by atoms with Crippen molar-refractivity contribution >= 4 is 27.5 Å². The van der Waals surface area contributed by atoms with Gasteiger partial charge in [0.1, 0.15) is 12.6 Å². The van der Waals surface area contributed by atoms with Crippen molar-refractivity contribution in [2.75, 3.05) is 26.0 Å². The Kier molecular flexibility index (Phi) is 13.5. The Morgan fingerprint density at radius 1 is 1.05 bits per heavy atom. The predicted molar refractivity (Wildman–Crippen MR) is 153 cm³/mol. The molecule has 0 saturated heterocycles. The fourth-order valence-corrected chi connectivity index (χ4v) is 5.27. The summed E-state index contributed by atoms with van der Waals surface area (Å²) in [4.78, 5) is 12.8. The summed E-state index contributed by atoms with van der Waals surface area (Å²) < 4.78 is 38.7. The molecule has 0 bridgehead atoms. The van der Waals surface area contributed by atoms with Crippen LogP contribution in [-0.2, 0) is 21.2 Å². The van der Waals surface area contributed by atoms with E-state index in [1.165, 1.54) is 0 Å². The van der Waals surface area contributed by atoms with E-state index in [4.69, 9.17) is 21.1 Å². The second-order valence-corrected chi connectivity index (χ2v) is 11.7. The van der Waals surface area contributed by atoms with Gasteiger partial charge in [-0.05, 0) is 60.7 Å². The molecule has 1 amide bonds. The van der Waals surface area contributed by atoms with Gasteiger partial charge >= 0.3 is 0 Å². The van der Waals surface area contributed by atoms with E-state index in [2.05, 4.69) is 28.8 Å². The lowest BCUT2D eigenvalue weighted by atomic mass is 10.0. The van der Waals surface area contributed by atoms with Gasteiger partial charge in [0.05, 0.1) is 12.9 Å². The summed E-state index contributed by atoms with van der Waals surface area (Å²) in [7, 11) is -1.96. The molecule has 0 radical (unpaired) electrons. The van der Waals surface area contributed by atoms with Crippen molar-refractivity contribution in [2.24, 2.45) is 5.92 Å². The maximum absolute atomic E-state index is 12.8. The molecule has 2 aromatic rings. The minimum Gasteiger partial charge on any atom is -0.493 e. The largest absolute Gasteiger partial charge is 0.493 e. The second-order valence-electron chi connectivity index (χ2n) is 9.34. The van der Waals surface area contributed by atoms with Crippen molar-refractivity contribution in [3.05, 3.63) is 58.6 Å². The van der Waals surface area contributed by atoms with Gasteiger partial charge in [-0.2, -0.15) is 0 Å². The highest BCUT2D eigenvalue weighted by atomic mass is 35.5. The minimum absolute atomic E-state index is 0.0322. The summed E-state index contributed by atoms with van der Waals surface area (Å²) in [6.45, 7) is 6.28. The fourth-order valence-electron chi connectivity index (χ4n) is 3.68. The van der Waals surface area contributed by atoms with Gasteiger partial charge in [-0.3, -0.25) is 4.79 Å². The number of hydrogen-bond donors (Lipinski definition) is 2. The molecule has 7 nitrogen and oxygen atoms in total. The molecule has 208 valence electrons. The van der Waals surface area contributed by atoms with Crippen LogP contribution >= 0.6 is 11.6 Å². The maximum atomic E-state index is 12.8. The Labute approximate surface area is 232 Å². The van der Waals surface area contributed by atoms with Crippen molar-refractivity contribution < 1.29 is 22.7 Å². The third kappa shape index (κ3) is 11.3. The van der Waals surface area contributed by atoms with E-state index in [9.17, 15) is 13.2 Å². The van der Waals surface area contributed by atoms with E-state index >= 15 is 0 Å². The molecule has 2 N–H and O–H groups in total. The lowest BCUT2D eigenvalue weighted by Gasteiger charge is -2.21. The number of sulfonamides is 1. The van der Waals surface area contributed by atoms with Gasteiger partial charge in [-0.25, -0.2) is 13.1 Å². The molecular formula is C29H39ClN2O5S. The molecule has 2 aromatic carbocycles. The summed E-state index contributed by atoms with van der Waals surface area (Å²) in [6.07, 6.45) is 4.03. The normalized spacial score (nSPS) is 11.9. The first-order chi connectivity index (χ1) is 18.1. The van der Waals surface area contributed by atoms with Crippen LogP contribution < -0.4 is 19.5 Å². The molecule has 0 spiro atoms. The fraction of sp³-hybridized carbons (Fsp3) is 0.483. The highest BCUT2D eigenvalue weighted by molar-refractivity contribution is 7.89. The van der Waals surface area contributed by atoms with Crippen LogP contribution in [0.4, 0.5) is 0 Å². The first-order valence-corrected chi connectivity index (χ1v) is 15.0. The number of methoxy groups -OCH3 is 1. The number of nitrogens with one attached hydrogen (secondary N) is 2. The molecule has 2 rings (SSSR count). The van der Waals surface area contributed by atoms with Crippen LogP contribution in [0.25, 0.3) is 0 Å². The van der Waals surface area contributed by atoms with Gasteiger partial charge in [0.2, 0.25) is 15.9 Å². The van der Waals surface area contributed by atoms with Gasteiger partial charge in [-0.15, -0.1) is 0 Å². The molecule has 1 unspecified atom stereocenters. The molecule has 0 saturated carbocycles. The number of halogens is 1. The van der Waals surface area contributed by atoms with E-state index in [1.807, 2.05) is 44.2 Å². The van der Waals surface area contributed by atoms with Crippen molar-refractivity contribution in [1.82, 2.24) is 10.0 Å². The van der Waals surface area contributed by atoms with Crippen LogP contribution in [0.5, 0.6) is 11.5 Å². The first kappa shape index (κ1) is 31.5. The topological polar surface area (TPSA) is 93.7 Å². The van der Waals surface area contributed by atoms with Gasteiger partial charge in [0.15, 0.2) is 11.5 Å². The molecule has 0 aliphatic rings. The molecule has 0 aliphatic carbocycles. The number of benzene rings is 2. The Balaban J connectivity index is 1.87. The highest BCUT2D eigenvalue weighted by Crippen LogP contribution is 2.28. The minimum atomic E-state index is -3.53. The van der Waals surface area contributed by atoms with Crippen LogP contribution in [-0.4, -0.2) is 46.4 Å². The van der Waals surface area contributed by atoms with Crippen molar-refractivity contribution in [3.63, 3.8) is 0 Å². The quantitative estimate of drug-likeness (QED) is 0.236. The Morgan fingerprint density at radius 3 is 2.45 bits per heavy atom.